The molecule has 6 heteroatoms. The highest BCUT2D eigenvalue weighted by Gasteiger charge is 2.24. The second kappa shape index (κ2) is 10.7. The molecule has 4 heterocycles. The van der Waals surface area contributed by atoms with E-state index in [9.17, 15) is 0 Å². The molecule has 0 aliphatic carbocycles. The number of hydrogen-bond acceptors (Lipinski definition) is 4. The van der Waals surface area contributed by atoms with E-state index >= 15 is 0 Å². The van der Waals surface area contributed by atoms with Gasteiger partial charge in [-0.1, -0.05) is 121 Å². The Morgan fingerprint density at radius 1 is 0.392 bits per heavy atom. The monoisotopic (exact) mass is 653 g/mol. The van der Waals surface area contributed by atoms with E-state index in [1.54, 1.807) is 0 Å². The van der Waals surface area contributed by atoms with Crippen LogP contribution in [0, 0.1) is 0 Å². The topological polar surface area (TPSA) is 61.7 Å². The van der Waals surface area contributed by atoms with Gasteiger partial charge in [0.15, 0.2) is 11.6 Å². The molecule has 0 radical (unpaired) electrons. The molecule has 6 nitrogen and oxygen atoms in total. The van der Waals surface area contributed by atoms with Gasteiger partial charge in [0.25, 0.3) is 0 Å². The lowest BCUT2D eigenvalue weighted by molar-refractivity contribution is 0.669. The van der Waals surface area contributed by atoms with Crippen molar-refractivity contribution in [3.63, 3.8) is 0 Å². The largest absolute Gasteiger partial charge is 0.456 e. The summed E-state index contributed by atoms with van der Waals surface area (Å²) in [6, 6.07) is 56.6. The summed E-state index contributed by atoms with van der Waals surface area (Å²) in [5, 5.41) is 6.76. The maximum Gasteiger partial charge on any atom is 0.238 e. The van der Waals surface area contributed by atoms with Gasteiger partial charge in [0.05, 0.1) is 22.1 Å². The average molecular weight is 654 g/mol. The molecule has 0 saturated heterocycles. The van der Waals surface area contributed by atoms with Gasteiger partial charge < -0.3 is 8.98 Å². The summed E-state index contributed by atoms with van der Waals surface area (Å²) in [7, 11) is 0. The molecule has 0 N–H and O–H groups in total. The second-order valence-electron chi connectivity index (χ2n) is 12.9. The third-order valence-corrected chi connectivity index (χ3v) is 9.96. The van der Waals surface area contributed by atoms with Crippen molar-refractivity contribution in [3.8, 4) is 34.4 Å². The van der Waals surface area contributed by atoms with Crippen LogP contribution in [-0.4, -0.2) is 24.1 Å². The lowest BCUT2D eigenvalue weighted by Gasteiger charge is -2.11. The van der Waals surface area contributed by atoms with E-state index in [2.05, 4.69) is 100 Å². The zero-order chi connectivity index (χ0) is 33.5. The average Bonchev–Trinajstić information content (AvgIpc) is 3.85. The first-order valence-corrected chi connectivity index (χ1v) is 17.0. The summed E-state index contributed by atoms with van der Waals surface area (Å²) >= 11 is 0. The summed E-state index contributed by atoms with van der Waals surface area (Å²) in [6.45, 7) is 0. The standard InChI is InChI=1S/C45H27N5O/c1-4-14-28(15-5-1)43-46-44(29-16-6-2-7-17-29)48-45(47-43)50-37-25-24-33-31-20-10-12-22-36(31)49(30-18-8-3-9-19-30)42(33)41(37)35-26-34-32-21-11-13-23-39(32)51-40(34)27-38(35)50/h1-27H. The van der Waals surface area contributed by atoms with Crippen LogP contribution >= 0.6 is 0 Å². The van der Waals surface area contributed by atoms with Gasteiger partial charge in [0.2, 0.25) is 5.95 Å². The minimum atomic E-state index is 0.542. The molecule has 11 rings (SSSR count). The van der Waals surface area contributed by atoms with Crippen LogP contribution in [0.3, 0.4) is 0 Å². The smallest absolute Gasteiger partial charge is 0.238 e. The highest BCUT2D eigenvalue weighted by molar-refractivity contribution is 6.28. The van der Waals surface area contributed by atoms with Gasteiger partial charge in [-0.3, -0.25) is 4.57 Å². The molecular weight excluding hydrogens is 627 g/mol. The van der Waals surface area contributed by atoms with E-state index < -0.39 is 0 Å². The molecule has 0 atom stereocenters. The Balaban J connectivity index is 1.34. The number of fused-ring (bicyclic) bond motifs is 10. The Morgan fingerprint density at radius 2 is 1.02 bits per heavy atom. The Kier molecular flexibility index (Phi) is 5.86. The van der Waals surface area contributed by atoms with Crippen molar-refractivity contribution in [2.24, 2.45) is 0 Å². The molecule has 0 saturated carbocycles. The third-order valence-electron chi connectivity index (χ3n) is 9.96. The first-order valence-electron chi connectivity index (χ1n) is 17.0. The molecule has 0 aliphatic heterocycles. The zero-order valence-electron chi connectivity index (χ0n) is 27.2. The fraction of sp³-hybridized carbons (Fsp3) is 0. The van der Waals surface area contributed by atoms with Crippen LogP contribution < -0.4 is 0 Å². The Labute approximate surface area is 291 Å². The van der Waals surface area contributed by atoms with Crippen LogP contribution in [0.4, 0.5) is 0 Å². The van der Waals surface area contributed by atoms with Crippen LogP contribution in [0.5, 0.6) is 0 Å². The van der Waals surface area contributed by atoms with E-state index in [0.29, 0.717) is 17.6 Å². The van der Waals surface area contributed by atoms with Crippen molar-refractivity contribution in [3.05, 3.63) is 164 Å². The fourth-order valence-electron chi connectivity index (χ4n) is 7.73. The lowest BCUT2D eigenvalue weighted by Crippen LogP contribution is -2.06. The number of para-hydroxylation sites is 3. The predicted octanol–water partition coefficient (Wildman–Crippen LogP) is 11.3. The summed E-state index contributed by atoms with van der Waals surface area (Å²) in [6.07, 6.45) is 0. The molecule has 51 heavy (non-hydrogen) atoms. The molecule has 0 unspecified atom stereocenters. The van der Waals surface area contributed by atoms with Crippen LogP contribution in [0.2, 0.25) is 0 Å². The summed E-state index contributed by atoms with van der Waals surface area (Å²) in [5.74, 6) is 1.76. The Morgan fingerprint density at radius 3 is 1.75 bits per heavy atom. The quantitative estimate of drug-likeness (QED) is 0.190. The number of benzene rings is 7. The number of hydrogen-bond donors (Lipinski definition) is 0. The lowest BCUT2D eigenvalue weighted by atomic mass is 10.1. The van der Waals surface area contributed by atoms with E-state index in [4.69, 9.17) is 19.4 Å². The molecular formula is C45H27N5O. The van der Waals surface area contributed by atoms with E-state index in [1.807, 2.05) is 72.8 Å². The summed E-state index contributed by atoms with van der Waals surface area (Å²) in [5.41, 5.74) is 8.86. The zero-order valence-corrected chi connectivity index (χ0v) is 27.2. The van der Waals surface area contributed by atoms with Gasteiger partial charge in [-0.05, 0) is 36.4 Å². The first kappa shape index (κ1) is 27.9. The van der Waals surface area contributed by atoms with Crippen molar-refractivity contribution in [2.45, 2.75) is 0 Å². The van der Waals surface area contributed by atoms with Gasteiger partial charge in [-0.25, -0.2) is 4.98 Å². The van der Waals surface area contributed by atoms with Crippen molar-refractivity contribution >= 4 is 65.6 Å². The van der Waals surface area contributed by atoms with E-state index in [-0.39, 0.29) is 0 Å². The third kappa shape index (κ3) is 4.14. The molecule has 11 aromatic rings. The van der Waals surface area contributed by atoms with Crippen LogP contribution in [0.25, 0.3) is 100.0 Å². The Bertz CT molecular complexity index is 3060. The van der Waals surface area contributed by atoms with Gasteiger partial charge in [-0.15, -0.1) is 0 Å². The van der Waals surface area contributed by atoms with E-state index in [1.165, 1.54) is 10.8 Å². The van der Waals surface area contributed by atoms with Crippen molar-refractivity contribution < 1.29 is 4.42 Å². The molecule has 0 fully saturated rings. The van der Waals surface area contributed by atoms with Crippen molar-refractivity contribution in [1.29, 1.82) is 0 Å². The molecule has 0 spiro atoms. The maximum atomic E-state index is 6.49. The minimum absolute atomic E-state index is 0.542. The highest BCUT2D eigenvalue weighted by atomic mass is 16.3. The highest BCUT2D eigenvalue weighted by Crippen LogP contribution is 2.44. The van der Waals surface area contributed by atoms with Crippen LogP contribution in [0.15, 0.2) is 168 Å². The number of furan rings is 1. The van der Waals surface area contributed by atoms with Gasteiger partial charge in [0, 0.05) is 55.2 Å². The Hall–Kier alpha value is -7.05. The number of aromatic nitrogens is 5. The normalized spacial score (nSPS) is 11.9. The van der Waals surface area contributed by atoms with Crippen molar-refractivity contribution in [1.82, 2.24) is 24.1 Å². The second-order valence-corrected chi connectivity index (χ2v) is 12.9. The molecule has 0 aliphatic rings. The van der Waals surface area contributed by atoms with Gasteiger partial charge in [0.1, 0.15) is 11.2 Å². The summed E-state index contributed by atoms with van der Waals surface area (Å²) < 4.78 is 11.1. The van der Waals surface area contributed by atoms with Crippen molar-refractivity contribution in [2.75, 3.05) is 0 Å². The molecule has 238 valence electrons. The SMILES string of the molecule is c1ccc(-c2nc(-c3ccccc3)nc(-n3c4cc5oc6ccccc6c5cc4c4c3ccc3c5ccccc5n(-c5ccccc5)c34)n2)cc1. The van der Waals surface area contributed by atoms with Crippen LogP contribution in [-0.2, 0) is 0 Å². The number of rotatable bonds is 4. The first-order chi connectivity index (χ1) is 25.3. The molecule has 4 aromatic heterocycles. The van der Waals surface area contributed by atoms with Gasteiger partial charge >= 0.3 is 0 Å². The minimum Gasteiger partial charge on any atom is -0.456 e. The van der Waals surface area contributed by atoms with Gasteiger partial charge in [-0.2, -0.15) is 9.97 Å². The molecule has 0 amide bonds. The molecule has 0 bridgehead atoms. The summed E-state index contributed by atoms with van der Waals surface area (Å²) in [4.78, 5) is 15.4. The van der Waals surface area contributed by atoms with E-state index in [0.717, 1.165) is 71.6 Å². The van der Waals surface area contributed by atoms with Crippen LogP contribution in [0.1, 0.15) is 0 Å². The fourth-order valence-corrected chi connectivity index (χ4v) is 7.73. The molecule has 7 aromatic carbocycles. The predicted molar refractivity (Wildman–Crippen MR) is 207 cm³/mol. The number of nitrogens with zero attached hydrogens (tertiary/aromatic N) is 5. The maximum absolute atomic E-state index is 6.49.